The molecule has 1 amide bonds. The van der Waals surface area contributed by atoms with Crippen LogP contribution < -0.4 is 15.2 Å². The molecule has 0 spiro atoms. The summed E-state index contributed by atoms with van der Waals surface area (Å²) in [7, 11) is 1.53. The van der Waals surface area contributed by atoms with Gasteiger partial charge in [0.1, 0.15) is 11.5 Å². The van der Waals surface area contributed by atoms with Crippen LogP contribution in [0, 0.1) is 0 Å². The van der Waals surface area contributed by atoms with Crippen molar-refractivity contribution < 1.29 is 24.2 Å². The Morgan fingerprint density at radius 1 is 1.09 bits per heavy atom. The Morgan fingerprint density at radius 3 is 2.27 bits per heavy atom. The summed E-state index contributed by atoms with van der Waals surface area (Å²) in [6, 6.07) is 11.7. The molecule has 0 aliphatic heterocycles. The number of rotatable bonds is 6. The second-order valence-electron chi connectivity index (χ2n) is 4.48. The number of carboxylic acids is 1. The van der Waals surface area contributed by atoms with E-state index in [9.17, 15) is 9.59 Å². The van der Waals surface area contributed by atoms with Gasteiger partial charge >= 0.3 is 5.97 Å². The molecule has 0 fully saturated rings. The average molecular weight is 301 g/mol. The van der Waals surface area contributed by atoms with Crippen LogP contribution in [0.1, 0.15) is 10.4 Å². The number of carbonyl (C=O) groups excluding carboxylic acids is 1. The molecule has 0 bridgehead atoms. The monoisotopic (exact) mass is 301 g/mol. The maximum absolute atomic E-state index is 11.5. The van der Waals surface area contributed by atoms with Crippen LogP contribution in [0.5, 0.6) is 11.5 Å². The Hall–Kier alpha value is -3.02. The van der Waals surface area contributed by atoms with E-state index in [1.807, 2.05) is 0 Å². The summed E-state index contributed by atoms with van der Waals surface area (Å²) < 4.78 is 10.2. The topological polar surface area (TPSA) is 98.9 Å². The predicted octanol–water partition coefficient (Wildman–Crippen LogP) is 1.92. The maximum Gasteiger partial charge on any atom is 0.341 e. The molecule has 2 aromatic carbocycles. The molecule has 0 aliphatic carbocycles. The van der Waals surface area contributed by atoms with Crippen molar-refractivity contribution in [3.63, 3.8) is 0 Å². The van der Waals surface area contributed by atoms with Gasteiger partial charge in [-0.15, -0.1) is 0 Å². The van der Waals surface area contributed by atoms with Gasteiger partial charge < -0.3 is 20.3 Å². The first-order valence-corrected chi connectivity index (χ1v) is 6.44. The van der Waals surface area contributed by atoms with Gasteiger partial charge in [-0.3, -0.25) is 4.79 Å². The summed E-state index contributed by atoms with van der Waals surface area (Å²) in [5.41, 5.74) is 7.14. The van der Waals surface area contributed by atoms with Gasteiger partial charge in [0, 0.05) is 5.56 Å². The Morgan fingerprint density at radius 2 is 1.73 bits per heavy atom. The molecule has 3 N–H and O–H groups in total. The van der Waals surface area contributed by atoms with Gasteiger partial charge in [0.2, 0.25) is 5.91 Å². The van der Waals surface area contributed by atoms with Gasteiger partial charge in [-0.25, -0.2) is 4.79 Å². The van der Waals surface area contributed by atoms with Crippen molar-refractivity contribution in [1.29, 1.82) is 0 Å². The molecule has 0 heterocycles. The van der Waals surface area contributed by atoms with E-state index in [2.05, 4.69) is 0 Å². The van der Waals surface area contributed by atoms with Crippen molar-refractivity contribution in [3.05, 3.63) is 48.0 Å². The second kappa shape index (κ2) is 6.62. The van der Waals surface area contributed by atoms with Gasteiger partial charge in [0.25, 0.3) is 0 Å². The van der Waals surface area contributed by atoms with Crippen LogP contribution in [0.25, 0.3) is 11.1 Å². The molecule has 0 radical (unpaired) electrons. The number of ether oxygens (including phenoxy) is 2. The molecule has 6 heteroatoms. The van der Waals surface area contributed by atoms with Gasteiger partial charge in [0.15, 0.2) is 6.61 Å². The van der Waals surface area contributed by atoms with Crippen molar-refractivity contribution in [2.75, 3.05) is 13.7 Å². The first kappa shape index (κ1) is 15.4. The highest BCUT2D eigenvalue weighted by Crippen LogP contribution is 2.29. The zero-order chi connectivity index (χ0) is 16.1. The van der Waals surface area contributed by atoms with Gasteiger partial charge in [-0.2, -0.15) is 0 Å². The quantitative estimate of drug-likeness (QED) is 0.849. The molecule has 0 saturated carbocycles. The first-order valence-electron chi connectivity index (χ1n) is 6.44. The minimum absolute atomic E-state index is 0.375. The van der Waals surface area contributed by atoms with E-state index >= 15 is 0 Å². The average Bonchev–Trinajstić information content (AvgIpc) is 2.52. The lowest BCUT2D eigenvalue weighted by atomic mass is 9.99. The molecule has 0 aliphatic rings. The molecule has 0 unspecified atom stereocenters. The largest absolute Gasteiger partial charge is 0.497 e. The van der Waals surface area contributed by atoms with Crippen molar-refractivity contribution >= 4 is 11.9 Å². The van der Waals surface area contributed by atoms with Crippen molar-refractivity contribution in [1.82, 2.24) is 0 Å². The number of benzene rings is 2. The Labute approximate surface area is 127 Å². The molecular formula is C16H15NO5. The van der Waals surface area contributed by atoms with E-state index in [0.29, 0.717) is 22.6 Å². The summed E-state index contributed by atoms with van der Waals surface area (Å²) >= 11 is 0. The number of amides is 1. The van der Waals surface area contributed by atoms with Crippen LogP contribution in [0.2, 0.25) is 0 Å². The fraction of sp³-hybridized carbons (Fsp3) is 0.125. The van der Waals surface area contributed by atoms with Crippen LogP contribution >= 0.6 is 0 Å². The van der Waals surface area contributed by atoms with Crippen LogP contribution in [-0.2, 0) is 4.79 Å². The standard InChI is InChI=1S/C16H15NO5/c1-21-12-6-7-13(16(17)20)14(8-12)10-2-4-11(5-3-10)22-9-15(18)19/h2-8H,9H2,1H3,(H2,17,20)(H,18,19). The molecule has 114 valence electrons. The lowest BCUT2D eigenvalue weighted by Crippen LogP contribution is -2.12. The number of carbonyl (C=O) groups is 2. The number of hydrogen-bond acceptors (Lipinski definition) is 4. The molecule has 6 nitrogen and oxygen atoms in total. The van der Waals surface area contributed by atoms with E-state index < -0.39 is 18.5 Å². The zero-order valence-corrected chi connectivity index (χ0v) is 11.9. The number of nitrogens with two attached hydrogens (primary N) is 1. The molecule has 0 aromatic heterocycles. The normalized spacial score (nSPS) is 10.0. The van der Waals surface area contributed by atoms with Crippen molar-refractivity contribution in [2.45, 2.75) is 0 Å². The lowest BCUT2D eigenvalue weighted by Gasteiger charge is -2.10. The highest BCUT2D eigenvalue weighted by Gasteiger charge is 2.11. The van der Waals surface area contributed by atoms with E-state index in [1.54, 1.807) is 42.5 Å². The Bertz CT molecular complexity index is 694. The van der Waals surface area contributed by atoms with E-state index in [0.717, 1.165) is 5.56 Å². The molecular weight excluding hydrogens is 286 g/mol. The molecule has 22 heavy (non-hydrogen) atoms. The van der Waals surface area contributed by atoms with Crippen molar-refractivity contribution in [3.8, 4) is 22.6 Å². The number of carboxylic acid groups (broad SMARTS) is 1. The fourth-order valence-corrected chi connectivity index (χ4v) is 1.98. The smallest absolute Gasteiger partial charge is 0.341 e. The summed E-state index contributed by atoms with van der Waals surface area (Å²) in [5, 5.41) is 8.57. The third kappa shape index (κ3) is 3.54. The number of primary amides is 1. The lowest BCUT2D eigenvalue weighted by molar-refractivity contribution is -0.139. The third-order valence-corrected chi connectivity index (χ3v) is 3.02. The van der Waals surface area contributed by atoms with Crippen LogP contribution in [0.15, 0.2) is 42.5 Å². The van der Waals surface area contributed by atoms with Crippen molar-refractivity contribution in [2.24, 2.45) is 5.73 Å². The van der Waals surface area contributed by atoms with Crippen LogP contribution in [0.3, 0.4) is 0 Å². The van der Waals surface area contributed by atoms with Gasteiger partial charge in [-0.1, -0.05) is 12.1 Å². The molecule has 0 saturated heterocycles. The minimum Gasteiger partial charge on any atom is -0.497 e. The van der Waals surface area contributed by atoms with E-state index in [1.165, 1.54) is 7.11 Å². The Balaban J connectivity index is 2.34. The predicted molar refractivity (Wildman–Crippen MR) is 80.1 cm³/mol. The van der Waals surface area contributed by atoms with Crippen LogP contribution in [0.4, 0.5) is 0 Å². The summed E-state index contributed by atoms with van der Waals surface area (Å²) in [4.78, 5) is 22.0. The molecule has 2 rings (SSSR count). The zero-order valence-electron chi connectivity index (χ0n) is 11.9. The summed E-state index contributed by atoms with van der Waals surface area (Å²) in [5.74, 6) is -0.558. The second-order valence-corrected chi connectivity index (χ2v) is 4.48. The maximum atomic E-state index is 11.5. The number of methoxy groups -OCH3 is 1. The highest BCUT2D eigenvalue weighted by molar-refractivity contribution is 6.00. The minimum atomic E-state index is -1.05. The summed E-state index contributed by atoms with van der Waals surface area (Å²) in [6.45, 7) is -0.412. The third-order valence-electron chi connectivity index (χ3n) is 3.02. The number of hydrogen-bond donors (Lipinski definition) is 2. The molecule has 0 atom stereocenters. The van der Waals surface area contributed by atoms with Gasteiger partial charge in [0.05, 0.1) is 7.11 Å². The first-order chi connectivity index (χ1) is 10.5. The van der Waals surface area contributed by atoms with Crippen LogP contribution in [-0.4, -0.2) is 30.7 Å². The fourth-order valence-electron chi connectivity index (χ4n) is 1.98. The SMILES string of the molecule is COc1ccc(C(N)=O)c(-c2ccc(OCC(=O)O)cc2)c1. The Kier molecular flexibility index (Phi) is 4.63. The highest BCUT2D eigenvalue weighted by atomic mass is 16.5. The number of aliphatic carboxylic acids is 1. The van der Waals surface area contributed by atoms with Gasteiger partial charge in [-0.05, 0) is 41.5 Å². The van der Waals surface area contributed by atoms with E-state index in [-0.39, 0.29) is 0 Å². The molecule has 2 aromatic rings. The summed E-state index contributed by atoms with van der Waals surface area (Å²) in [6.07, 6.45) is 0. The van der Waals surface area contributed by atoms with E-state index in [4.69, 9.17) is 20.3 Å².